The highest BCUT2D eigenvalue weighted by molar-refractivity contribution is 7.22. The largest absolute Gasteiger partial charge is 0.493 e. The third-order valence-electron chi connectivity index (χ3n) is 6.13. The zero-order valence-corrected chi connectivity index (χ0v) is 21.5. The summed E-state index contributed by atoms with van der Waals surface area (Å²) in [5, 5.41) is 26.1. The van der Waals surface area contributed by atoms with Gasteiger partial charge in [0.15, 0.2) is 5.13 Å². The van der Waals surface area contributed by atoms with Gasteiger partial charge in [-0.15, -0.1) is 0 Å². The standard InChI is InChI=1S/C29H24N4O5S/c34-28(32-35)22-10-8-19(9-11-22)16-20(14-15-38-26-7-3-5-21-4-1-2-6-24(21)26)18-30-29-31-25-13-12-23(33(36)37)17-27(25)39-29/h1-13,16-17,35H,14-15,18H2,(H,30,31)(H,32,34)/b20-16-. The molecule has 10 heteroatoms. The predicted molar refractivity (Wildman–Crippen MR) is 152 cm³/mol. The molecular formula is C29H24N4O5S. The molecule has 0 aliphatic heterocycles. The first kappa shape index (κ1) is 25.8. The molecule has 0 saturated carbocycles. The number of aromatic nitrogens is 1. The molecule has 4 aromatic carbocycles. The lowest BCUT2D eigenvalue weighted by Crippen LogP contribution is -2.18. The molecular weight excluding hydrogens is 516 g/mol. The van der Waals surface area contributed by atoms with Gasteiger partial charge in [0.25, 0.3) is 11.6 Å². The van der Waals surface area contributed by atoms with Gasteiger partial charge in [-0.3, -0.25) is 20.1 Å². The van der Waals surface area contributed by atoms with Crippen LogP contribution >= 0.6 is 11.3 Å². The Bertz CT molecular complexity index is 1680. The fourth-order valence-electron chi connectivity index (χ4n) is 4.15. The van der Waals surface area contributed by atoms with Crippen molar-refractivity contribution in [2.24, 2.45) is 0 Å². The molecule has 0 unspecified atom stereocenters. The molecule has 1 aromatic heterocycles. The number of hydrogen-bond donors (Lipinski definition) is 3. The Hall–Kier alpha value is -4.80. The Kier molecular flexibility index (Phi) is 7.76. The number of carbonyl (C=O) groups excluding carboxylic acids is 1. The van der Waals surface area contributed by atoms with Gasteiger partial charge in [-0.1, -0.05) is 65.9 Å². The maximum Gasteiger partial charge on any atom is 0.274 e. The van der Waals surface area contributed by atoms with Crippen LogP contribution in [0.5, 0.6) is 5.75 Å². The van der Waals surface area contributed by atoms with E-state index in [9.17, 15) is 14.9 Å². The first-order valence-corrected chi connectivity index (χ1v) is 13.0. The number of amides is 1. The third-order valence-corrected chi connectivity index (χ3v) is 7.10. The normalized spacial score (nSPS) is 11.5. The van der Waals surface area contributed by atoms with E-state index in [-0.39, 0.29) is 5.69 Å². The molecule has 5 rings (SSSR count). The van der Waals surface area contributed by atoms with Crippen LogP contribution in [0.4, 0.5) is 10.8 Å². The molecule has 0 saturated heterocycles. The van der Waals surface area contributed by atoms with Crippen molar-refractivity contribution in [3.63, 3.8) is 0 Å². The number of carbonyl (C=O) groups is 1. The molecule has 0 radical (unpaired) electrons. The van der Waals surface area contributed by atoms with Crippen LogP contribution in [-0.2, 0) is 0 Å². The molecule has 9 nitrogen and oxygen atoms in total. The molecule has 196 valence electrons. The van der Waals surface area contributed by atoms with Crippen LogP contribution < -0.4 is 15.5 Å². The van der Waals surface area contributed by atoms with Gasteiger partial charge in [0.05, 0.1) is 21.7 Å². The van der Waals surface area contributed by atoms with Gasteiger partial charge in [0, 0.05) is 36.0 Å². The van der Waals surface area contributed by atoms with Crippen molar-refractivity contribution in [2.75, 3.05) is 18.5 Å². The summed E-state index contributed by atoms with van der Waals surface area (Å²) in [7, 11) is 0. The Labute approximate surface area is 227 Å². The summed E-state index contributed by atoms with van der Waals surface area (Å²) in [5.41, 5.74) is 4.61. The van der Waals surface area contributed by atoms with E-state index in [1.165, 1.54) is 23.5 Å². The minimum Gasteiger partial charge on any atom is -0.493 e. The van der Waals surface area contributed by atoms with Gasteiger partial charge < -0.3 is 10.1 Å². The average Bonchev–Trinajstić information content (AvgIpc) is 3.38. The Morgan fingerprint density at radius 2 is 1.85 bits per heavy atom. The van der Waals surface area contributed by atoms with Crippen molar-refractivity contribution in [1.29, 1.82) is 0 Å². The minimum atomic E-state index is -0.577. The summed E-state index contributed by atoms with van der Waals surface area (Å²) in [6.07, 6.45) is 2.63. The van der Waals surface area contributed by atoms with E-state index < -0.39 is 10.8 Å². The monoisotopic (exact) mass is 540 g/mol. The Morgan fingerprint density at radius 3 is 2.64 bits per heavy atom. The summed E-state index contributed by atoms with van der Waals surface area (Å²) in [6.45, 7) is 0.915. The summed E-state index contributed by atoms with van der Waals surface area (Å²) < 4.78 is 6.89. The number of hydroxylamine groups is 1. The van der Waals surface area contributed by atoms with Gasteiger partial charge in [-0.05, 0) is 40.8 Å². The van der Waals surface area contributed by atoms with E-state index >= 15 is 0 Å². The first-order chi connectivity index (χ1) is 19.0. The van der Waals surface area contributed by atoms with Crippen LogP contribution in [-0.4, -0.2) is 34.2 Å². The summed E-state index contributed by atoms with van der Waals surface area (Å²) in [4.78, 5) is 26.9. The number of thiazole rings is 1. The fourth-order valence-corrected chi connectivity index (χ4v) is 5.04. The van der Waals surface area contributed by atoms with E-state index in [4.69, 9.17) is 9.94 Å². The zero-order valence-electron chi connectivity index (χ0n) is 20.7. The number of anilines is 1. The smallest absolute Gasteiger partial charge is 0.274 e. The van der Waals surface area contributed by atoms with E-state index in [1.807, 2.05) is 48.5 Å². The predicted octanol–water partition coefficient (Wildman–Crippen LogP) is 6.44. The number of non-ortho nitro benzene ring substituents is 1. The molecule has 0 atom stereocenters. The summed E-state index contributed by atoms with van der Waals surface area (Å²) in [6, 6.07) is 25.5. The lowest BCUT2D eigenvalue weighted by atomic mass is 10.1. The average molecular weight is 541 g/mol. The number of hydrogen-bond acceptors (Lipinski definition) is 8. The van der Waals surface area contributed by atoms with Crippen LogP contribution in [0.2, 0.25) is 0 Å². The summed E-state index contributed by atoms with van der Waals surface area (Å²) >= 11 is 1.35. The van der Waals surface area contributed by atoms with Crippen molar-refractivity contribution in [2.45, 2.75) is 6.42 Å². The van der Waals surface area contributed by atoms with Gasteiger partial charge in [0.1, 0.15) is 5.75 Å². The number of fused-ring (bicyclic) bond motifs is 2. The van der Waals surface area contributed by atoms with Crippen LogP contribution in [0.3, 0.4) is 0 Å². The SMILES string of the molecule is O=C(NO)c1ccc(/C=C(/CCOc2cccc3ccccc23)CNc2nc3ccc([N+](=O)[O-])cc3s2)cc1. The molecule has 5 aromatic rings. The minimum absolute atomic E-state index is 0.0298. The van der Waals surface area contributed by atoms with Gasteiger partial charge in [-0.25, -0.2) is 10.5 Å². The summed E-state index contributed by atoms with van der Waals surface area (Å²) in [5.74, 6) is 0.236. The fraction of sp³-hybridized carbons (Fsp3) is 0.103. The topological polar surface area (TPSA) is 127 Å². The van der Waals surface area contributed by atoms with Crippen molar-refractivity contribution in [1.82, 2.24) is 10.5 Å². The lowest BCUT2D eigenvalue weighted by Gasteiger charge is -2.12. The van der Waals surface area contributed by atoms with Crippen LogP contribution in [0, 0.1) is 10.1 Å². The van der Waals surface area contributed by atoms with Gasteiger partial charge >= 0.3 is 0 Å². The molecule has 0 fully saturated rings. The highest BCUT2D eigenvalue weighted by Crippen LogP contribution is 2.30. The van der Waals surface area contributed by atoms with Crippen molar-refractivity contribution < 1.29 is 19.7 Å². The van der Waals surface area contributed by atoms with Gasteiger partial charge in [0.2, 0.25) is 0 Å². The van der Waals surface area contributed by atoms with Crippen molar-refractivity contribution >= 4 is 55.1 Å². The van der Waals surface area contributed by atoms with E-state index in [0.717, 1.165) is 32.4 Å². The molecule has 39 heavy (non-hydrogen) atoms. The maximum absolute atomic E-state index is 11.7. The number of nitrogens with one attached hydrogen (secondary N) is 2. The second-order valence-electron chi connectivity index (χ2n) is 8.72. The van der Waals surface area contributed by atoms with Crippen LogP contribution in [0.25, 0.3) is 27.1 Å². The Morgan fingerprint density at radius 1 is 1.05 bits per heavy atom. The zero-order chi connectivity index (χ0) is 27.2. The quantitative estimate of drug-likeness (QED) is 0.106. The molecule has 0 aliphatic rings. The van der Waals surface area contributed by atoms with Crippen molar-refractivity contribution in [3.05, 3.63) is 112 Å². The van der Waals surface area contributed by atoms with Crippen LogP contribution in [0.1, 0.15) is 22.3 Å². The maximum atomic E-state index is 11.7. The molecule has 0 bridgehead atoms. The van der Waals surface area contributed by atoms with Crippen LogP contribution in [0.15, 0.2) is 90.5 Å². The number of rotatable bonds is 10. The highest BCUT2D eigenvalue weighted by Gasteiger charge is 2.11. The first-order valence-electron chi connectivity index (χ1n) is 12.1. The van der Waals surface area contributed by atoms with E-state index in [1.54, 1.807) is 35.8 Å². The number of nitro benzene ring substituents is 1. The lowest BCUT2D eigenvalue weighted by molar-refractivity contribution is -0.384. The molecule has 0 aliphatic carbocycles. The molecule has 3 N–H and O–H groups in total. The number of nitro groups is 1. The third kappa shape index (κ3) is 6.20. The molecule has 1 amide bonds. The van der Waals surface area contributed by atoms with E-state index in [0.29, 0.717) is 35.8 Å². The Balaban J connectivity index is 1.33. The molecule has 1 heterocycles. The molecule has 0 spiro atoms. The van der Waals surface area contributed by atoms with E-state index in [2.05, 4.69) is 10.3 Å². The van der Waals surface area contributed by atoms with Gasteiger partial charge in [-0.2, -0.15) is 0 Å². The second kappa shape index (κ2) is 11.7. The number of ether oxygens (including phenoxy) is 1. The highest BCUT2D eigenvalue weighted by atomic mass is 32.1. The number of benzene rings is 4. The van der Waals surface area contributed by atoms with Crippen molar-refractivity contribution in [3.8, 4) is 5.75 Å². The number of nitrogens with zero attached hydrogens (tertiary/aromatic N) is 2. The second-order valence-corrected chi connectivity index (χ2v) is 9.75.